The van der Waals surface area contributed by atoms with Gasteiger partial charge in [-0.15, -0.1) is 0 Å². The van der Waals surface area contributed by atoms with Gasteiger partial charge in [0.05, 0.1) is 6.10 Å². The maximum Gasteiger partial charge on any atom is 0.317 e. The molecule has 0 radical (unpaired) electrons. The minimum atomic E-state index is -1.22. The molecule has 0 bridgehead atoms. The second-order valence-electron chi connectivity index (χ2n) is 5.64. The van der Waals surface area contributed by atoms with Crippen molar-refractivity contribution in [1.29, 1.82) is 0 Å². The van der Waals surface area contributed by atoms with Gasteiger partial charge in [-0.1, -0.05) is 35.3 Å². The number of rotatable bonds is 4. The Kier molecular flexibility index (Phi) is 3.38. The molecule has 0 saturated heterocycles. The van der Waals surface area contributed by atoms with Gasteiger partial charge in [0.1, 0.15) is 15.5 Å². The molecular formula is C15H16Cl2O3. The highest BCUT2D eigenvalue weighted by atomic mass is 35.5. The number of alkyl halides is 2. The molecule has 1 aromatic carbocycles. The predicted octanol–water partition coefficient (Wildman–Crippen LogP) is 3.91. The first kappa shape index (κ1) is 14.0. The number of aliphatic carboxylic acids is 1. The van der Waals surface area contributed by atoms with E-state index in [4.69, 9.17) is 27.9 Å². The summed E-state index contributed by atoms with van der Waals surface area (Å²) in [5.74, 6) is -0.205. The number of hydrogen-bond donors (Lipinski definition) is 1. The Morgan fingerprint density at radius 3 is 2.20 bits per heavy atom. The van der Waals surface area contributed by atoms with Crippen molar-refractivity contribution in [3.63, 3.8) is 0 Å². The van der Waals surface area contributed by atoms with Gasteiger partial charge in [0, 0.05) is 6.42 Å². The molecule has 2 aliphatic rings. The van der Waals surface area contributed by atoms with E-state index in [1.807, 2.05) is 0 Å². The van der Waals surface area contributed by atoms with Gasteiger partial charge in [-0.2, -0.15) is 0 Å². The zero-order chi connectivity index (χ0) is 14.4. The van der Waals surface area contributed by atoms with E-state index in [2.05, 4.69) is 0 Å². The molecule has 1 unspecified atom stereocenters. The van der Waals surface area contributed by atoms with Gasteiger partial charge >= 0.3 is 5.97 Å². The maximum atomic E-state index is 11.5. The van der Waals surface area contributed by atoms with E-state index in [0.717, 1.165) is 18.6 Å². The van der Waals surface area contributed by atoms with Crippen LogP contribution in [0.3, 0.4) is 0 Å². The van der Waals surface area contributed by atoms with Crippen molar-refractivity contribution in [3.05, 3.63) is 29.8 Å². The van der Waals surface area contributed by atoms with Crippen molar-refractivity contribution in [2.75, 3.05) is 0 Å². The van der Waals surface area contributed by atoms with Crippen LogP contribution >= 0.6 is 23.2 Å². The van der Waals surface area contributed by atoms with Crippen LogP contribution in [-0.4, -0.2) is 21.5 Å². The van der Waals surface area contributed by atoms with Crippen LogP contribution in [0.2, 0.25) is 0 Å². The summed E-state index contributed by atoms with van der Waals surface area (Å²) in [7, 11) is 0. The maximum absolute atomic E-state index is 11.5. The van der Waals surface area contributed by atoms with E-state index in [-0.39, 0.29) is 12.5 Å². The van der Waals surface area contributed by atoms with Crippen LogP contribution in [-0.2, 0) is 10.2 Å². The lowest BCUT2D eigenvalue weighted by Gasteiger charge is -2.16. The SMILES string of the molecule is O=C(O)C1(c2ccc(OC3CCCC3)cc2)CC1(Cl)Cl. The molecule has 1 N–H and O–H groups in total. The molecular weight excluding hydrogens is 299 g/mol. The molecule has 1 atom stereocenters. The summed E-state index contributed by atoms with van der Waals surface area (Å²) >= 11 is 12.0. The Hall–Kier alpha value is -0.930. The Labute approximate surface area is 127 Å². The fourth-order valence-corrected chi connectivity index (χ4v) is 3.76. The average molecular weight is 315 g/mol. The zero-order valence-corrected chi connectivity index (χ0v) is 12.5. The molecule has 108 valence electrons. The Morgan fingerprint density at radius 2 is 1.75 bits per heavy atom. The smallest absolute Gasteiger partial charge is 0.317 e. The standard InChI is InChI=1S/C15H16Cl2O3/c16-15(17)9-14(15,13(18)19)10-5-7-12(8-6-10)20-11-3-1-2-4-11/h5-8,11H,1-4,9H2,(H,18,19). The molecule has 0 heterocycles. The van der Waals surface area contributed by atoms with E-state index < -0.39 is 15.7 Å². The summed E-state index contributed by atoms with van der Waals surface area (Å²) in [6.07, 6.45) is 5.13. The first-order valence-corrected chi connectivity index (χ1v) is 7.60. The fourth-order valence-electron chi connectivity index (χ4n) is 2.97. The van der Waals surface area contributed by atoms with Gasteiger partial charge in [-0.25, -0.2) is 0 Å². The summed E-state index contributed by atoms with van der Waals surface area (Å²) in [5, 5.41) is 9.39. The summed E-state index contributed by atoms with van der Waals surface area (Å²) < 4.78 is 4.65. The minimum Gasteiger partial charge on any atom is -0.490 e. The Bertz CT molecular complexity index is 520. The van der Waals surface area contributed by atoms with Gasteiger partial charge in [0.2, 0.25) is 0 Å². The van der Waals surface area contributed by atoms with Gasteiger partial charge in [0.15, 0.2) is 0 Å². The summed E-state index contributed by atoms with van der Waals surface area (Å²) in [6, 6.07) is 7.12. The minimum absolute atomic E-state index is 0.237. The van der Waals surface area contributed by atoms with Crippen LogP contribution in [0.25, 0.3) is 0 Å². The van der Waals surface area contributed by atoms with E-state index >= 15 is 0 Å². The average Bonchev–Trinajstić information content (AvgIpc) is 2.75. The van der Waals surface area contributed by atoms with Crippen LogP contribution < -0.4 is 4.74 Å². The third-order valence-electron chi connectivity index (χ3n) is 4.30. The van der Waals surface area contributed by atoms with Gasteiger partial charge < -0.3 is 9.84 Å². The monoisotopic (exact) mass is 314 g/mol. The van der Waals surface area contributed by atoms with E-state index in [1.54, 1.807) is 24.3 Å². The second kappa shape index (κ2) is 4.81. The molecule has 3 rings (SSSR count). The summed E-state index contributed by atoms with van der Waals surface area (Å²) in [5.41, 5.74) is -0.545. The van der Waals surface area contributed by atoms with Crippen molar-refractivity contribution in [1.82, 2.24) is 0 Å². The van der Waals surface area contributed by atoms with Crippen molar-refractivity contribution in [2.24, 2.45) is 0 Å². The van der Waals surface area contributed by atoms with Gasteiger partial charge in [0.25, 0.3) is 0 Å². The number of carbonyl (C=O) groups is 1. The van der Waals surface area contributed by atoms with Crippen LogP contribution in [0.4, 0.5) is 0 Å². The Morgan fingerprint density at radius 1 is 1.20 bits per heavy atom. The van der Waals surface area contributed by atoms with Gasteiger partial charge in [-0.3, -0.25) is 4.79 Å². The molecule has 2 aliphatic carbocycles. The van der Waals surface area contributed by atoms with Crippen molar-refractivity contribution in [3.8, 4) is 5.75 Å². The second-order valence-corrected chi connectivity index (χ2v) is 7.12. The first-order chi connectivity index (χ1) is 9.46. The third kappa shape index (κ3) is 2.17. The normalized spacial score (nSPS) is 28.3. The first-order valence-electron chi connectivity index (χ1n) is 6.84. The van der Waals surface area contributed by atoms with Crippen molar-refractivity contribution >= 4 is 29.2 Å². The van der Waals surface area contributed by atoms with Crippen molar-refractivity contribution in [2.45, 2.75) is 48.0 Å². The highest BCUT2D eigenvalue weighted by molar-refractivity contribution is 6.54. The van der Waals surface area contributed by atoms with Crippen LogP contribution in [0, 0.1) is 0 Å². The highest BCUT2D eigenvalue weighted by Gasteiger charge is 2.72. The molecule has 20 heavy (non-hydrogen) atoms. The largest absolute Gasteiger partial charge is 0.490 e. The lowest BCUT2D eigenvalue weighted by molar-refractivity contribution is -0.140. The molecule has 0 amide bonds. The molecule has 0 aliphatic heterocycles. The number of halogens is 2. The predicted molar refractivity (Wildman–Crippen MR) is 77.7 cm³/mol. The van der Waals surface area contributed by atoms with E-state index in [1.165, 1.54) is 12.8 Å². The summed E-state index contributed by atoms with van der Waals surface area (Å²) in [6.45, 7) is 0. The Balaban J connectivity index is 1.77. The van der Waals surface area contributed by atoms with Crippen molar-refractivity contribution < 1.29 is 14.6 Å². The van der Waals surface area contributed by atoms with Crippen LogP contribution in [0.1, 0.15) is 37.7 Å². The number of hydrogen-bond acceptors (Lipinski definition) is 2. The zero-order valence-electron chi connectivity index (χ0n) is 10.9. The number of carboxylic acid groups (broad SMARTS) is 1. The van der Waals surface area contributed by atoms with Gasteiger partial charge in [-0.05, 0) is 43.4 Å². The molecule has 2 saturated carbocycles. The van der Waals surface area contributed by atoms with Crippen LogP contribution in [0.15, 0.2) is 24.3 Å². The number of ether oxygens (including phenoxy) is 1. The number of benzene rings is 1. The summed E-state index contributed by atoms with van der Waals surface area (Å²) in [4.78, 5) is 11.5. The molecule has 2 fully saturated rings. The fraction of sp³-hybridized carbons (Fsp3) is 0.533. The highest BCUT2D eigenvalue weighted by Crippen LogP contribution is 2.65. The molecule has 0 aromatic heterocycles. The topological polar surface area (TPSA) is 46.5 Å². The molecule has 3 nitrogen and oxygen atoms in total. The lowest BCUT2D eigenvalue weighted by atomic mass is 9.96. The molecule has 1 aromatic rings. The lowest BCUT2D eigenvalue weighted by Crippen LogP contribution is -2.26. The quantitative estimate of drug-likeness (QED) is 0.857. The molecule has 5 heteroatoms. The van der Waals surface area contributed by atoms with Crippen LogP contribution in [0.5, 0.6) is 5.75 Å². The number of carboxylic acids is 1. The van der Waals surface area contributed by atoms with E-state index in [0.29, 0.717) is 5.56 Å². The van der Waals surface area contributed by atoms with E-state index in [9.17, 15) is 9.90 Å². The third-order valence-corrected chi connectivity index (χ3v) is 5.22. The molecule has 0 spiro atoms.